The minimum atomic E-state index is -1.75. The predicted molar refractivity (Wildman–Crippen MR) is 130 cm³/mol. The van der Waals surface area contributed by atoms with Gasteiger partial charge in [-0.25, -0.2) is 0 Å². The SMILES string of the molecule is CC[Si](CC)(CC)O[C@H]1CO[C@H](C=CC(OC2CCCCO2)C2CCCCC2)[C@H]1CC=O. The number of rotatable bonds is 12. The van der Waals surface area contributed by atoms with Gasteiger partial charge in [-0.2, -0.15) is 0 Å². The summed E-state index contributed by atoms with van der Waals surface area (Å²) in [5.41, 5.74) is 0. The summed E-state index contributed by atoms with van der Waals surface area (Å²) in [5.74, 6) is 0.641. The van der Waals surface area contributed by atoms with Crippen molar-refractivity contribution in [3.63, 3.8) is 0 Å². The third-order valence-corrected chi connectivity index (χ3v) is 12.8. The molecule has 0 N–H and O–H groups in total. The Labute approximate surface area is 196 Å². The number of carbonyl (C=O) groups is 1. The second kappa shape index (κ2) is 13.4. The average molecular weight is 467 g/mol. The maximum atomic E-state index is 11.5. The van der Waals surface area contributed by atoms with Gasteiger partial charge in [0.2, 0.25) is 0 Å². The van der Waals surface area contributed by atoms with Crippen LogP contribution in [0.25, 0.3) is 0 Å². The minimum absolute atomic E-state index is 0.0251. The standard InChI is InChI=1S/C26H46O5Si/c1-4-32(5-2,6-3)31-25-20-29-24(22(25)17-18-27)16-15-23(21-12-8-7-9-13-21)30-26-14-10-11-19-28-26/h15-16,18,21-26H,4-14,17,19-20H2,1-3H3/t22-,23?,24-,25+,26?/m1/s1. The van der Waals surface area contributed by atoms with E-state index < -0.39 is 8.32 Å². The quantitative estimate of drug-likeness (QED) is 0.200. The van der Waals surface area contributed by atoms with Crippen LogP contribution in [-0.4, -0.2) is 52.4 Å². The van der Waals surface area contributed by atoms with Gasteiger partial charge >= 0.3 is 0 Å². The van der Waals surface area contributed by atoms with Crippen molar-refractivity contribution in [2.24, 2.45) is 11.8 Å². The topological polar surface area (TPSA) is 54.0 Å². The number of carbonyl (C=O) groups excluding carboxylic acids is 1. The van der Waals surface area contributed by atoms with Crippen molar-refractivity contribution in [3.05, 3.63) is 12.2 Å². The first-order valence-corrected chi connectivity index (χ1v) is 15.9. The second-order valence-electron chi connectivity index (χ2n) is 9.94. The molecular weight excluding hydrogens is 420 g/mol. The molecule has 3 rings (SSSR count). The maximum absolute atomic E-state index is 11.5. The molecule has 5 nitrogen and oxygen atoms in total. The van der Waals surface area contributed by atoms with E-state index in [9.17, 15) is 4.79 Å². The second-order valence-corrected chi connectivity index (χ2v) is 14.7. The third kappa shape index (κ3) is 6.99. The van der Waals surface area contributed by atoms with E-state index in [0.717, 1.165) is 43.9 Å². The Morgan fingerprint density at radius 3 is 2.31 bits per heavy atom. The lowest BCUT2D eigenvalue weighted by molar-refractivity contribution is -0.189. The minimum Gasteiger partial charge on any atom is -0.411 e. The highest BCUT2D eigenvalue weighted by Gasteiger charge is 2.42. The van der Waals surface area contributed by atoms with Crippen LogP contribution in [0, 0.1) is 11.8 Å². The average Bonchev–Trinajstić information content (AvgIpc) is 3.22. The molecule has 0 spiro atoms. The Bertz CT molecular complexity index is 558. The fourth-order valence-electron chi connectivity index (χ4n) is 5.69. The van der Waals surface area contributed by atoms with Crippen LogP contribution >= 0.6 is 0 Å². The molecule has 2 unspecified atom stereocenters. The summed E-state index contributed by atoms with van der Waals surface area (Å²) in [6.07, 6.45) is 15.5. The van der Waals surface area contributed by atoms with Crippen LogP contribution in [0.5, 0.6) is 0 Å². The van der Waals surface area contributed by atoms with Gasteiger partial charge in [-0.3, -0.25) is 0 Å². The summed E-state index contributed by atoms with van der Waals surface area (Å²) in [6.45, 7) is 8.14. The summed E-state index contributed by atoms with van der Waals surface area (Å²) in [5, 5.41) is 0. The zero-order chi connectivity index (χ0) is 22.8. The Morgan fingerprint density at radius 2 is 1.69 bits per heavy atom. The summed E-state index contributed by atoms with van der Waals surface area (Å²) in [4.78, 5) is 11.5. The zero-order valence-corrected chi connectivity index (χ0v) is 21.6. The molecule has 5 atom stereocenters. The number of hydrogen-bond donors (Lipinski definition) is 0. The van der Waals surface area contributed by atoms with Gasteiger partial charge in [-0.05, 0) is 56.2 Å². The Hall–Kier alpha value is -0.533. The number of aldehydes is 1. The van der Waals surface area contributed by atoms with E-state index in [1.807, 2.05) is 0 Å². The van der Waals surface area contributed by atoms with E-state index in [0.29, 0.717) is 18.9 Å². The van der Waals surface area contributed by atoms with Gasteiger partial charge in [0.15, 0.2) is 14.6 Å². The molecule has 184 valence electrons. The highest BCUT2D eigenvalue weighted by molar-refractivity contribution is 6.73. The molecule has 1 aliphatic carbocycles. The molecule has 2 aliphatic heterocycles. The van der Waals surface area contributed by atoms with Crippen LogP contribution in [0.1, 0.15) is 78.6 Å². The van der Waals surface area contributed by atoms with Crippen molar-refractivity contribution >= 4 is 14.6 Å². The largest absolute Gasteiger partial charge is 0.411 e. The van der Waals surface area contributed by atoms with E-state index in [2.05, 4.69) is 32.9 Å². The lowest BCUT2D eigenvalue weighted by Gasteiger charge is -2.34. The lowest BCUT2D eigenvalue weighted by Crippen LogP contribution is -2.43. The molecule has 3 aliphatic rings. The highest BCUT2D eigenvalue weighted by Crippen LogP contribution is 2.35. The predicted octanol–water partition coefficient (Wildman–Crippen LogP) is 6.03. The molecule has 0 aromatic heterocycles. The molecule has 1 saturated carbocycles. The molecule has 0 amide bonds. The van der Waals surface area contributed by atoms with Crippen molar-refractivity contribution in [2.45, 2.75) is 121 Å². The van der Waals surface area contributed by atoms with Crippen LogP contribution in [0.15, 0.2) is 12.2 Å². The lowest BCUT2D eigenvalue weighted by atomic mass is 9.84. The molecule has 0 bridgehead atoms. The fourth-order valence-corrected chi connectivity index (χ4v) is 8.58. The number of hydrogen-bond acceptors (Lipinski definition) is 5. The molecule has 0 radical (unpaired) electrons. The van der Waals surface area contributed by atoms with Gasteiger partial charge in [0, 0.05) is 18.9 Å². The Morgan fingerprint density at radius 1 is 0.969 bits per heavy atom. The van der Waals surface area contributed by atoms with E-state index in [4.69, 9.17) is 18.6 Å². The van der Waals surface area contributed by atoms with Crippen LogP contribution in [0.4, 0.5) is 0 Å². The van der Waals surface area contributed by atoms with Gasteiger partial charge in [0.05, 0.1) is 24.9 Å². The Balaban J connectivity index is 1.68. The van der Waals surface area contributed by atoms with Crippen molar-refractivity contribution in [1.82, 2.24) is 0 Å². The molecule has 2 saturated heterocycles. The van der Waals surface area contributed by atoms with Crippen molar-refractivity contribution in [3.8, 4) is 0 Å². The van der Waals surface area contributed by atoms with Crippen LogP contribution in [-0.2, 0) is 23.4 Å². The summed E-state index contributed by atoms with van der Waals surface area (Å²) >= 11 is 0. The first-order valence-electron chi connectivity index (χ1n) is 13.3. The monoisotopic (exact) mass is 466 g/mol. The van der Waals surface area contributed by atoms with E-state index >= 15 is 0 Å². The zero-order valence-electron chi connectivity index (χ0n) is 20.6. The fraction of sp³-hybridized carbons (Fsp3) is 0.885. The Kier molecular flexibility index (Phi) is 10.9. The third-order valence-electron chi connectivity index (χ3n) is 8.11. The highest BCUT2D eigenvalue weighted by atomic mass is 28.4. The van der Waals surface area contributed by atoms with Gasteiger partial charge < -0.3 is 23.4 Å². The van der Waals surface area contributed by atoms with Crippen molar-refractivity contribution in [1.29, 1.82) is 0 Å². The van der Waals surface area contributed by atoms with Crippen molar-refractivity contribution < 1.29 is 23.4 Å². The summed E-state index contributed by atoms with van der Waals surface area (Å²) in [6, 6.07) is 3.34. The molecule has 32 heavy (non-hydrogen) atoms. The molecule has 6 heteroatoms. The smallest absolute Gasteiger partial charge is 0.192 e. The molecule has 2 heterocycles. The van der Waals surface area contributed by atoms with Gasteiger partial charge in [-0.15, -0.1) is 0 Å². The van der Waals surface area contributed by atoms with Gasteiger partial charge in [-0.1, -0.05) is 52.2 Å². The van der Waals surface area contributed by atoms with Crippen LogP contribution < -0.4 is 0 Å². The molecule has 0 aromatic rings. The normalized spacial score (nSPS) is 31.2. The van der Waals surface area contributed by atoms with E-state index in [1.54, 1.807) is 0 Å². The maximum Gasteiger partial charge on any atom is 0.192 e. The summed E-state index contributed by atoms with van der Waals surface area (Å²) < 4.78 is 25.3. The van der Waals surface area contributed by atoms with Crippen LogP contribution in [0.3, 0.4) is 0 Å². The van der Waals surface area contributed by atoms with Crippen molar-refractivity contribution in [2.75, 3.05) is 13.2 Å². The molecule has 0 aromatic carbocycles. The first kappa shape index (κ1) is 26.1. The van der Waals surface area contributed by atoms with E-state index in [1.165, 1.54) is 38.5 Å². The molecule has 3 fully saturated rings. The van der Waals surface area contributed by atoms with Crippen LogP contribution in [0.2, 0.25) is 18.1 Å². The summed E-state index contributed by atoms with van der Waals surface area (Å²) in [7, 11) is -1.75. The van der Waals surface area contributed by atoms with E-state index in [-0.39, 0.29) is 30.5 Å². The molecular formula is C26H46O5Si. The number of ether oxygens (including phenoxy) is 3. The first-order chi connectivity index (χ1) is 15.6. The van der Waals surface area contributed by atoms with Gasteiger partial charge in [0.25, 0.3) is 0 Å². The van der Waals surface area contributed by atoms with Gasteiger partial charge in [0.1, 0.15) is 6.29 Å².